The quantitative estimate of drug-likeness (QED) is 0.625. The fraction of sp³-hybridized carbons (Fsp3) is 0.188. The van der Waals surface area contributed by atoms with Gasteiger partial charge in [0.25, 0.3) is 5.69 Å². The predicted molar refractivity (Wildman–Crippen MR) is 89.6 cm³/mol. The minimum Gasteiger partial charge on any atom is -0.319 e. The summed E-state index contributed by atoms with van der Waals surface area (Å²) in [6.07, 6.45) is 0. The molecule has 0 aliphatic carbocycles. The van der Waals surface area contributed by atoms with Crippen LogP contribution in [0.25, 0.3) is 0 Å². The normalized spacial score (nSPS) is 11.7. The summed E-state index contributed by atoms with van der Waals surface area (Å²) in [5.74, 6) is -0.347. The number of halogens is 1. The van der Waals surface area contributed by atoms with Crippen LogP contribution in [0, 0.1) is 10.1 Å². The van der Waals surface area contributed by atoms with Crippen molar-refractivity contribution in [2.45, 2.75) is 13.0 Å². The third kappa shape index (κ3) is 4.77. The van der Waals surface area contributed by atoms with E-state index < -0.39 is 4.92 Å². The highest BCUT2D eigenvalue weighted by molar-refractivity contribution is 6.30. The first-order chi connectivity index (χ1) is 11.0. The monoisotopic (exact) mass is 333 g/mol. The van der Waals surface area contributed by atoms with E-state index in [-0.39, 0.29) is 29.9 Å². The Bertz CT molecular complexity index is 704. The number of nitro benzene ring substituents is 1. The number of nitro groups is 1. The number of hydrogen-bond acceptors (Lipinski definition) is 4. The van der Waals surface area contributed by atoms with Gasteiger partial charge in [-0.05, 0) is 30.7 Å². The van der Waals surface area contributed by atoms with Gasteiger partial charge in [0, 0.05) is 17.1 Å². The number of rotatable bonds is 6. The number of nitrogens with one attached hydrogen (secondary N) is 2. The lowest BCUT2D eigenvalue weighted by atomic mass is 10.1. The van der Waals surface area contributed by atoms with E-state index in [0.29, 0.717) is 5.02 Å². The number of benzene rings is 2. The van der Waals surface area contributed by atoms with Gasteiger partial charge in [-0.3, -0.25) is 14.9 Å². The Morgan fingerprint density at radius 1 is 1.22 bits per heavy atom. The van der Waals surface area contributed by atoms with Crippen molar-refractivity contribution in [3.05, 3.63) is 69.2 Å². The van der Waals surface area contributed by atoms with Crippen molar-refractivity contribution in [2.24, 2.45) is 0 Å². The molecule has 2 aromatic rings. The van der Waals surface area contributed by atoms with Crippen LogP contribution < -0.4 is 10.6 Å². The van der Waals surface area contributed by atoms with Crippen LogP contribution in [0.2, 0.25) is 5.02 Å². The van der Waals surface area contributed by atoms with Crippen molar-refractivity contribution in [3.63, 3.8) is 0 Å². The molecule has 0 bridgehead atoms. The molecule has 0 aliphatic heterocycles. The van der Waals surface area contributed by atoms with E-state index in [1.54, 1.807) is 24.3 Å². The Hall–Kier alpha value is -2.44. The SMILES string of the molecule is C[C@@H](NCC(=O)Nc1ccccc1[N+](=O)[O-])c1ccc(Cl)cc1. The van der Waals surface area contributed by atoms with E-state index in [0.717, 1.165) is 5.56 Å². The molecule has 7 heteroatoms. The number of hydrogen-bond donors (Lipinski definition) is 2. The maximum absolute atomic E-state index is 12.0. The zero-order valence-electron chi connectivity index (χ0n) is 12.5. The molecule has 0 unspecified atom stereocenters. The Morgan fingerprint density at radius 2 is 1.87 bits per heavy atom. The standard InChI is InChI=1S/C16H16ClN3O3/c1-11(12-6-8-13(17)9-7-12)18-10-16(21)19-14-4-2-3-5-15(14)20(22)23/h2-9,11,18H,10H2,1H3,(H,19,21)/t11-/m1/s1. The average Bonchev–Trinajstić information content (AvgIpc) is 2.53. The first-order valence-corrected chi connectivity index (χ1v) is 7.37. The number of anilines is 1. The summed E-state index contributed by atoms with van der Waals surface area (Å²) in [6.45, 7) is 1.96. The molecule has 23 heavy (non-hydrogen) atoms. The number of carbonyl (C=O) groups is 1. The first kappa shape index (κ1) is 16.9. The van der Waals surface area contributed by atoms with Crippen LogP contribution in [0.4, 0.5) is 11.4 Å². The minimum atomic E-state index is -0.528. The Kier molecular flexibility index (Phi) is 5.67. The van der Waals surface area contributed by atoms with Gasteiger partial charge >= 0.3 is 0 Å². The predicted octanol–water partition coefficient (Wildman–Crippen LogP) is 3.54. The van der Waals surface area contributed by atoms with Gasteiger partial charge in [-0.15, -0.1) is 0 Å². The largest absolute Gasteiger partial charge is 0.319 e. The van der Waals surface area contributed by atoms with Crippen molar-refractivity contribution in [3.8, 4) is 0 Å². The van der Waals surface area contributed by atoms with Crippen LogP contribution in [0.1, 0.15) is 18.5 Å². The zero-order chi connectivity index (χ0) is 16.8. The second-order valence-electron chi connectivity index (χ2n) is 4.98. The third-order valence-corrected chi connectivity index (χ3v) is 3.57. The molecule has 0 spiro atoms. The molecule has 0 fully saturated rings. The van der Waals surface area contributed by atoms with Gasteiger partial charge in [-0.25, -0.2) is 0 Å². The topological polar surface area (TPSA) is 84.3 Å². The Labute approximate surface area is 138 Å². The van der Waals surface area contributed by atoms with Crippen molar-refractivity contribution in [1.82, 2.24) is 5.32 Å². The minimum absolute atomic E-state index is 0.0375. The molecular weight excluding hydrogens is 318 g/mol. The van der Waals surface area contributed by atoms with Gasteiger partial charge < -0.3 is 10.6 Å². The van der Waals surface area contributed by atoms with Crippen LogP contribution in [-0.4, -0.2) is 17.4 Å². The maximum Gasteiger partial charge on any atom is 0.292 e. The second-order valence-corrected chi connectivity index (χ2v) is 5.41. The summed E-state index contributed by atoms with van der Waals surface area (Å²) >= 11 is 5.83. The lowest BCUT2D eigenvalue weighted by molar-refractivity contribution is -0.383. The lowest BCUT2D eigenvalue weighted by Crippen LogP contribution is -2.30. The number of para-hydroxylation sites is 2. The van der Waals surface area contributed by atoms with Gasteiger partial charge in [0.05, 0.1) is 11.5 Å². The third-order valence-electron chi connectivity index (χ3n) is 3.31. The second kappa shape index (κ2) is 7.71. The van der Waals surface area contributed by atoms with Crippen LogP contribution in [-0.2, 0) is 4.79 Å². The van der Waals surface area contributed by atoms with Crippen molar-refractivity contribution < 1.29 is 9.72 Å². The fourth-order valence-corrected chi connectivity index (χ4v) is 2.17. The fourth-order valence-electron chi connectivity index (χ4n) is 2.05. The van der Waals surface area contributed by atoms with Gasteiger partial charge in [-0.1, -0.05) is 35.9 Å². The maximum atomic E-state index is 12.0. The summed E-state index contributed by atoms with van der Waals surface area (Å²) in [7, 11) is 0. The molecule has 2 aromatic carbocycles. The van der Waals surface area contributed by atoms with Crippen molar-refractivity contribution >= 4 is 28.9 Å². The smallest absolute Gasteiger partial charge is 0.292 e. The molecule has 1 atom stereocenters. The highest BCUT2D eigenvalue weighted by Gasteiger charge is 2.15. The summed E-state index contributed by atoms with van der Waals surface area (Å²) in [5.41, 5.74) is 1.04. The van der Waals surface area contributed by atoms with Crippen molar-refractivity contribution in [1.29, 1.82) is 0 Å². The summed E-state index contributed by atoms with van der Waals surface area (Å²) < 4.78 is 0. The number of nitrogens with zero attached hydrogens (tertiary/aromatic N) is 1. The van der Waals surface area contributed by atoms with E-state index in [1.165, 1.54) is 12.1 Å². The van der Waals surface area contributed by atoms with Crippen LogP contribution >= 0.6 is 11.6 Å². The highest BCUT2D eigenvalue weighted by atomic mass is 35.5. The van der Waals surface area contributed by atoms with Gasteiger partial charge in [-0.2, -0.15) is 0 Å². The summed E-state index contributed by atoms with van der Waals surface area (Å²) in [6, 6.07) is 13.3. The molecule has 0 saturated carbocycles. The van der Waals surface area contributed by atoms with Crippen LogP contribution in [0.5, 0.6) is 0 Å². The summed E-state index contributed by atoms with van der Waals surface area (Å²) in [4.78, 5) is 22.3. The molecule has 0 aliphatic rings. The number of amides is 1. The molecular formula is C16H16ClN3O3. The molecule has 2 rings (SSSR count). The lowest BCUT2D eigenvalue weighted by Gasteiger charge is -2.14. The van der Waals surface area contributed by atoms with E-state index in [2.05, 4.69) is 10.6 Å². The van der Waals surface area contributed by atoms with Gasteiger partial charge in [0.2, 0.25) is 5.91 Å². The molecule has 6 nitrogen and oxygen atoms in total. The zero-order valence-corrected chi connectivity index (χ0v) is 13.2. The van der Waals surface area contributed by atoms with E-state index in [1.807, 2.05) is 19.1 Å². The van der Waals surface area contributed by atoms with Gasteiger partial charge in [0.15, 0.2) is 0 Å². The molecule has 0 radical (unpaired) electrons. The van der Waals surface area contributed by atoms with E-state index in [4.69, 9.17) is 11.6 Å². The van der Waals surface area contributed by atoms with Gasteiger partial charge in [0.1, 0.15) is 5.69 Å². The molecule has 120 valence electrons. The average molecular weight is 334 g/mol. The van der Waals surface area contributed by atoms with E-state index in [9.17, 15) is 14.9 Å². The Balaban J connectivity index is 1.93. The highest BCUT2D eigenvalue weighted by Crippen LogP contribution is 2.23. The molecule has 0 saturated heterocycles. The van der Waals surface area contributed by atoms with E-state index >= 15 is 0 Å². The molecule has 0 heterocycles. The Morgan fingerprint density at radius 3 is 2.52 bits per heavy atom. The summed E-state index contributed by atoms with van der Waals surface area (Å²) in [5, 5.41) is 17.2. The number of carbonyl (C=O) groups excluding carboxylic acids is 1. The molecule has 2 N–H and O–H groups in total. The van der Waals surface area contributed by atoms with Crippen LogP contribution in [0.15, 0.2) is 48.5 Å². The van der Waals surface area contributed by atoms with Crippen molar-refractivity contribution in [2.75, 3.05) is 11.9 Å². The van der Waals surface area contributed by atoms with Crippen LogP contribution in [0.3, 0.4) is 0 Å². The molecule has 1 amide bonds. The molecule has 0 aromatic heterocycles. The first-order valence-electron chi connectivity index (χ1n) is 6.99.